The van der Waals surface area contributed by atoms with Crippen molar-refractivity contribution in [2.24, 2.45) is 28.8 Å². The predicted octanol–water partition coefficient (Wildman–Crippen LogP) is 4.02. The van der Waals surface area contributed by atoms with Crippen molar-refractivity contribution in [3.63, 3.8) is 0 Å². The second kappa shape index (κ2) is 22.4. The molecule has 4 N–H and O–H groups in total. The van der Waals surface area contributed by atoms with Gasteiger partial charge in [-0.3, -0.25) is 14.5 Å². The molecule has 14 heteroatoms. The third kappa shape index (κ3) is 13.2. The molecule has 54 heavy (non-hydrogen) atoms. The number of azide groups is 1. The number of hydrogen-bond donors (Lipinski definition) is 4. The highest BCUT2D eigenvalue weighted by molar-refractivity contribution is 5.91. The van der Waals surface area contributed by atoms with Crippen LogP contribution in [0.25, 0.3) is 10.4 Å². The van der Waals surface area contributed by atoms with E-state index in [1.807, 2.05) is 51.1 Å². The number of benzene rings is 1. The van der Waals surface area contributed by atoms with E-state index in [9.17, 15) is 30.0 Å². The fourth-order valence-corrected chi connectivity index (χ4v) is 7.55. The molecule has 1 saturated heterocycles. The van der Waals surface area contributed by atoms with Gasteiger partial charge in [-0.1, -0.05) is 73.9 Å². The standard InChI is InChI=1S/C40H63N5O9/c1-8-34-31(24-46)20-25(2)14-15-32(47)26(3)21-30(16-18-45(19-17-42-43-41)23-29-12-10-9-11-13-29)39(27(4)33(48)22-35(49)53-34)54-40-38(51)36(44(6)7)37(50)28(5)52-40/h9-15,20,26-28,30-31,33-34,36-40,46,48,50-51H,8,16-19,21-24H2,1-7H3/b15-14+,25-20+/t26-,27+,28-,30+,31-,33-,34-,36?,37-,38?,39-,40+/m1/s1. The van der Waals surface area contributed by atoms with Gasteiger partial charge >= 0.3 is 5.97 Å². The van der Waals surface area contributed by atoms with Crippen molar-refractivity contribution in [1.29, 1.82) is 0 Å². The van der Waals surface area contributed by atoms with E-state index in [-0.39, 0.29) is 25.4 Å². The zero-order valence-corrected chi connectivity index (χ0v) is 33.0. The molecule has 3 rings (SSSR count). The smallest absolute Gasteiger partial charge is 0.308 e. The number of ketones is 1. The fourth-order valence-electron chi connectivity index (χ4n) is 7.55. The van der Waals surface area contributed by atoms with Gasteiger partial charge in [0.2, 0.25) is 0 Å². The van der Waals surface area contributed by atoms with Crippen LogP contribution in [0.1, 0.15) is 65.9 Å². The number of ether oxygens (including phenoxy) is 3. The summed E-state index contributed by atoms with van der Waals surface area (Å²) in [5, 5.41) is 48.1. The summed E-state index contributed by atoms with van der Waals surface area (Å²) in [6, 6.07) is 9.18. The molecule has 1 aromatic rings. The average Bonchev–Trinajstić information content (AvgIpc) is 3.14. The maximum Gasteiger partial charge on any atom is 0.308 e. The summed E-state index contributed by atoms with van der Waals surface area (Å²) < 4.78 is 18.6. The minimum atomic E-state index is -1.27. The number of allylic oxidation sites excluding steroid dienone is 3. The summed E-state index contributed by atoms with van der Waals surface area (Å²) in [6.07, 6.45) is -0.998. The van der Waals surface area contributed by atoms with Gasteiger partial charge in [0.1, 0.15) is 12.2 Å². The van der Waals surface area contributed by atoms with Gasteiger partial charge in [0, 0.05) is 42.3 Å². The topological polar surface area (TPSA) is 198 Å². The molecule has 0 saturated carbocycles. The van der Waals surface area contributed by atoms with E-state index in [0.29, 0.717) is 38.9 Å². The van der Waals surface area contributed by atoms with Crippen molar-refractivity contribution in [3.8, 4) is 0 Å². The molecule has 1 aromatic carbocycles. The second-order valence-electron chi connectivity index (χ2n) is 15.2. The van der Waals surface area contributed by atoms with Gasteiger partial charge in [0.15, 0.2) is 12.1 Å². The van der Waals surface area contributed by atoms with Crippen LogP contribution >= 0.6 is 0 Å². The van der Waals surface area contributed by atoms with Gasteiger partial charge in [0.05, 0.1) is 43.5 Å². The molecule has 14 nitrogen and oxygen atoms in total. The van der Waals surface area contributed by atoms with E-state index in [1.165, 1.54) is 6.08 Å². The normalized spacial score (nSPS) is 34.9. The molecule has 0 spiro atoms. The first-order chi connectivity index (χ1) is 25.7. The molecule has 0 aromatic heterocycles. The van der Waals surface area contributed by atoms with Crippen LogP contribution in [-0.4, -0.2) is 131 Å². The number of aliphatic hydroxyl groups excluding tert-OH is 4. The van der Waals surface area contributed by atoms with E-state index in [1.54, 1.807) is 45.0 Å². The highest BCUT2D eigenvalue weighted by atomic mass is 16.7. The van der Waals surface area contributed by atoms with Gasteiger partial charge < -0.3 is 39.5 Å². The van der Waals surface area contributed by atoms with Crippen LogP contribution in [0.3, 0.4) is 0 Å². The van der Waals surface area contributed by atoms with Crippen molar-refractivity contribution < 1.29 is 44.2 Å². The lowest BCUT2D eigenvalue weighted by atomic mass is 9.79. The Hall–Kier alpha value is -3.17. The number of carbonyl (C=O) groups is 2. The van der Waals surface area contributed by atoms with E-state index in [4.69, 9.17) is 19.7 Å². The number of rotatable bonds is 13. The van der Waals surface area contributed by atoms with Crippen LogP contribution in [0.15, 0.2) is 59.2 Å². The first-order valence-corrected chi connectivity index (χ1v) is 19.2. The molecule has 1 fully saturated rings. The van der Waals surface area contributed by atoms with Crippen molar-refractivity contribution in [2.45, 2.75) is 116 Å². The van der Waals surface area contributed by atoms with Crippen LogP contribution in [0.4, 0.5) is 0 Å². The molecule has 2 heterocycles. The lowest BCUT2D eigenvalue weighted by Crippen LogP contribution is -2.63. The molecule has 0 aliphatic carbocycles. The monoisotopic (exact) mass is 757 g/mol. The van der Waals surface area contributed by atoms with Crippen molar-refractivity contribution in [1.82, 2.24) is 9.80 Å². The molecular formula is C40H63N5O9. The molecule has 0 bridgehead atoms. The van der Waals surface area contributed by atoms with Crippen molar-refractivity contribution in [2.75, 3.05) is 40.3 Å². The fraction of sp³-hybridized carbons (Fsp3) is 0.700. The predicted molar refractivity (Wildman–Crippen MR) is 205 cm³/mol. The summed E-state index contributed by atoms with van der Waals surface area (Å²) in [6.45, 7) is 10.5. The second-order valence-corrected chi connectivity index (χ2v) is 15.2. The zero-order chi connectivity index (χ0) is 39.9. The number of carbonyl (C=O) groups excluding carboxylic acids is 2. The molecule has 2 unspecified atom stereocenters. The molecule has 12 atom stereocenters. The molecule has 2 aliphatic rings. The number of likely N-dealkylation sites (N-methyl/N-ethyl adjacent to an activating group) is 1. The summed E-state index contributed by atoms with van der Waals surface area (Å²) >= 11 is 0. The van der Waals surface area contributed by atoms with Crippen LogP contribution in [0.5, 0.6) is 0 Å². The van der Waals surface area contributed by atoms with Crippen molar-refractivity contribution >= 4 is 11.8 Å². The van der Waals surface area contributed by atoms with Crippen molar-refractivity contribution in [3.05, 3.63) is 70.1 Å². The van der Waals surface area contributed by atoms with Gasteiger partial charge in [-0.15, -0.1) is 0 Å². The maximum absolute atomic E-state index is 13.7. The first kappa shape index (κ1) is 45.2. The average molecular weight is 758 g/mol. The Morgan fingerprint density at radius 1 is 1.04 bits per heavy atom. The SMILES string of the molecule is CC[C@H]1OC(=O)C[C@@H](O)[C@H](C)[C@@H](O[C@@H]2O[C@H](C)[C@@H](O)C(N(C)C)C2O)[C@@H](CCN(CCN=[N+]=[N-])Cc2ccccc2)C[C@@H](C)C(=O)/C=C/C(C)=C/[C@@H]1CO. The molecule has 2 aliphatic heterocycles. The quantitative estimate of drug-likeness (QED) is 0.0982. The zero-order valence-electron chi connectivity index (χ0n) is 33.0. The molecule has 0 amide bonds. The third-order valence-electron chi connectivity index (χ3n) is 10.8. The summed E-state index contributed by atoms with van der Waals surface area (Å²) in [5.41, 5.74) is 10.8. The number of hydrogen-bond acceptors (Lipinski definition) is 12. The number of cyclic esters (lactones) is 1. The van der Waals surface area contributed by atoms with Crippen LogP contribution in [0, 0.1) is 23.7 Å². The van der Waals surface area contributed by atoms with E-state index >= 15 is 0 Å². The highest BCUT2D eigenvalue weighted by Crippen LogP contribution is 2.35. The number of nitrogens with zero attached hydrogens (tertiary/aromatic N) is 5. The highest BCUT2D eigenvalue weighted by Gasteiger charge is 2.47. The lowest BCUT2D eigenvalue weighted by molar-refractivity contribution is -0.304. The summed E-state index contributed by atoms with van der Waals surface area (Å²) in [7, 11) is 3.50. The molecule has 302 valence electrons. The largest absolute Gasteiger partial charge is 0.462 e. The van der Waals surface area contributed by atoms with E-state index < -0.39 is 78.6 Å². The minimum absolute atomic E-state index is 0.117. The Morgan fingerprint density at radius 3 is 2.37 bits per heavy atom. The van der Waals surface area contributed by atoms with Crippen LogP contribution < -0.4 is 0 Å². The summed E-state index contributed by atoms with van der Waals surface area (Å²) in [4.78, 5) is 33.8. The van der Waals surface area contributed by atoms with Crippen LogP contribution in [0.2, 0.25) is 0 Å². The van der Waals surface area contributed by atoms with Gasteiger partial charge in [-0.2, -0.15) is 0 Å². The van der Waals surface area contributed by atoms with Gasteiger partial charge in [-0.05, 0) is 76.8 Å². The van der Waals surface area contributed by atoms with Gasteiger partial charge in [0.25, 0.3) is 0 Å². The van der Waals surface area contributed by atoms with Crippen LogP contribution in [-0.2, 0) is 30.3 Å². The first-order valence-electron chi connectivity index (χ1n) is 19.2. The van der Waals surface area contributed by atoms with E-state index in [2.05, 4.69) is 14.9 Å². The maximum atomic E-state index is 13.7. The Kier molecular flexibility index (Phi) is 18.8. The Balaban J connectivity index is 2.09. The Bertz CT molecular complexity index is 1420. The van der Waals surface area contributed by atoms with E-state index in [0.717, 1.165) is 11.1 Å². The molecule has 0 radical (unpaired) electrons. The lowest BCUT2D eigenvalue weighted by Gasteiger charge is -2.46. The Morgan fingerprint density at radius 2 is 1.74 bits per heavy atom. The Labute approximate surface area is 320 Å². The minimum Gasteiger partial charge on any atom is -0.462 e. The third-order valence-corrected chi connectivity index (χ3v) is 10.8. The number of esters is 1. The summed E-state index contributed by atoms with van der Waals surface area (Å²) in [5.74, 6) is -2.86. The van der Waals surface area contributed by atoms with Gasteiger partial charge in [-0.25, -0.2) is 0 Å². The number of aliphatic hydroxyl groups is 4. The molecular weight excluding hydrogens is 694 g/mol.